The van der Waals surface area contributed by atoms with E-state index in [9.17, 15) is 24.0 Å². The van der Waals surface area contributed by atoms with Crippen LogP contribution in [0.1, 0.15) is 46.1 Å². The van der Waals surface area contributed by atoms with Crippen molar-refractivity contribution in [2.75, 3.05) is 19.4 Å². The Kier molecular flexibility index (Phi) is 20.6. The maximum absolute atomic E-state index is 11.0. The monoisotopic (exact) mass is 615 g/mol. The average Bonchev–Trinajstić information content (AvgIpc) is 3.45. The standard InChI is InChI=1S/C10H9NO2.C5H9NO2.C5H11NO2.C4H9NO3.C3H7NO2/c1-6-4-10(12)13-9-5-7(11)2-3-8(6)9;7-5(8)4-2-1-3-6-4;1-3(2)4(6)5(7)8;1-3(4(6)7)5-8-2;1-2(4)3(5)6/h2-5H,11H2,1H3;4,6H,1-3H2,(H,7,8);3-4H,6H2,1-2H3,(H,7,8);3,5H,1-2H3,(H,6,7);2H,4H2,1H3,(H,5,6)/t;2*4-;3-;2-/m.0000/s1. The molecule has 0 unspecified atom stereocenters. The molecule has 0 aliphatic carbocycles. The Morgan fingerprint density at radius 1 is 1.00 bits per heavy atom. The van der Waals surface area contributed by atoms with Crippen LogP contribution in [0, 0.1) is 12.8 Å². The van der Waals surface area contributed by atoms with Gasteiger partial charge in [-0.15, -0.1) is 0 Å². The summed E-state index contributed by atoms with van der Waals surface area (Å²) >= 11 is 0. The van der Waals surface area contributed by atoms with Crippen LogP contribution in [0.3, 0.4) is 0 Å². The number of hydrogen-bond donors (Lipinski definition) is 9. The molecule has 1 aliphatic heterocycles. The Morgan fingerprint density at radius 3 is 1.86 bits per heavy atom. The zero-order chi connectivity index (χ0) is 33.9. The number of hydrogen-bond acceptors (Lipinski definition) is 12. The lowest BCUT2D eigenvalue weighted by Crippen LogP contribution is -2.34. The maximum atomic E-state index is 11.0. The summed E-state index contributed by atoms with van der Waals surface area (Å²) in [5.41, 5.74) is 19.5. The first-order valence-corrected chi connectivity index (χ1v) is 13.1. The van der Waals surface area contributed by atoms with Gasteiger partial charge in [0.15, 0.2) is 0 Å². The van der Waals surface area contributed by atoms with E-state index in [0.29, 0.717) is 11.3 Å². The molecular weight excluding hydrogens is 570 g/mol. The zero-order valence-corrected chi connectivity index (χ0v) is 25.2. The van der Waals surface area contributed by atoms with Gasteiger partial charge in [-0.2, -0.15) is 5.48 Å². The molecule has 3 rings (SSSR count). The second kappa shape index (κ2) is 21.6. The number of benzene rings is 1. The molecule has 0 spiro atoms. The first-order valence-electron chi connectivity index (χ1n) is 13.1. The van der Waals surface area contributed by atoms with Crippen molar-refractivity contribution in [3.63, 3.8) is 0 Å². The van der Waals surface area contributed by atoms with Crippen LogP contribution >= 0.6 is 0 Å². The van der Waals surface area contributed by atoms with E-state index >= 15 is 0 Å². The van der Waals surface area contributed by atoms with Crippen LogP contribution in [0.15, 0.2) is 33.5 Å². The van der Waals surface area contributed by atoms with Crippen LogP contribution < -0.4 is 33.6 Å². The minimum absolute atomic E-state index is 0.0208. The number of fused-ring (bicyclic) bond motifs is 1. The minimum atomic E-state index is -0.963. The quantitative estimate of drug-likeness (QED) is 0.117. The van der Waals surface area contributed by atoms with Crippen LogP contribution in [0.4, 0.5) is 5.69 Å². The molecule has 1 fully saturated rings. The van der Waals surface area contributed by atoms with Gasteiger partial charge in [0, 0.05) is 23.2 Å². The zero-order valence-electron chi connectivity index (χ0n) is 25.2. The molecule has 4 atom stereocenters. The highest BCUT2D eigenvalue weighted by atomic mass is 16.6. The number of anilines is 1. The lowest BCUT2D eigenvalue weighted by molar-refractivity contribution is -0.142. The van der Waals surface area contributed by atoms with Gasteiger partial charge < -0.3 is 52.2 Å². The number of carboxylic acids is 4. The van der Waals surface area contributed by atoms with E-state index in [1.165, 1.54) is 27.0 Å². The van der Waals surface area contributed by atoms with Gasteiger partial charge in [-0.05, 0) is 63.8 Å². The molecule has 16 nitrogen and oxygen atoms in total. The molecule has 0 saturated carbocycles. The van der Waals surface area contributed by atoms with E-state index in [1.54, 1.807) is 26.0 Å². The largest absolute Gasteiger partial charge is 0.480 e. The van der Waals surface area contributed by atoms with E-state index < -0.39 is 42.0 Å². The van der Waals surface area contributed by atoms with E-state index in [-0.39, 0.29) is 17.6 Å². The number of aliphatic carboxylic acids is 4. The fourth-order valence-electron chi connectivity index (χ4n) is 2.75. The highest BCUT2D eigenvalue weighted by molar-refractivity contribution is 5.82. The molecular formula is C27H45N5O11. The number of nitrogens with one attached hydrogen (secondary N) is 2. The SMILES string of the molecule is CC(C)[C@H](N)C(=O)O.CON[C@@H](C)C(=O)O.C[C@H](N)C(=O)O.Cc1cc(=O)oc2cc(N)ccc12.O=C(O)[C@@H]1CCCN1. The predicted molar refractivity (Wildman–Crippen MR) is 159 cm³/mol. The van der Waals surface area contributed by atoms with Crippen LogP contribution in [-0.4, -0.2) is 82.1 Å². The van der Waals surface area contributed by atoms with Crippen molar-refractivity contribution in [1.29, 1.82) is 0 Å². The molecule has 12 N–H and O–H groups in total. The number of rotatable bonds is 7. The van der Waals surface area contributed by atoms with Gasteiger partial charge in [0.2, 0.25) is 0 Å². The predicted octanol–water partition coefficient (Wildman–Crippen LogP) is 0.590. The van der Waals surface area contributed by atoms with Crippen LogP contribution in [-0.2, 0) is 24.0 Å². The molecule has 1 aromatic heterocycles. The summed E-state index contributed by atoms with van der Waals surface area (Å²) < 4.78 is 4.99. The highest BCUT2D eigenvalue weighted by Crippen LogP contribution is 2.18. The van der Waals surface area contributed by atoms with Gasteiger partial charge in [-0.3, -0.25) is 19.2 Å². The van der Waals surface area contributed by atoms with E-state index in [2.05, 4.69) is 15.6 Å². The number of nitrogen functional groups attached to an aromatic ring is 1. The van der Waals surface area contributed by atoms with Crippen LogP contribution in [0.2, 0.25) is 0 Å². The number of hydroxylamine groups is 1. The number of nitrogens with two attached hydrogens (primary N) is 3. The summed E-state index contributed by atoms with van der Waals surface area (Å²) in [4.78, 5) is 55.0. The van der Waals surface area contributed by atoms with Crippen molar-refractivity contribution in [1.82, 2.24) is 10.8 Å². The van der Waals surface area contributed by atoms with Gasteiger partial charge in [-0.25, -0.2) is 4.79 Å². The fraction of sp³-hybridized carbons (Fsp3) is 0.519. The molecule has 244 valence electrons. The number of carboxylic acid groups (broad SMARTS) is 4. The molecule has 43 heavy (non-hydrogen) atoms. The van der Waals surface area contributed by atoms with Crippen molar-refractivity contribution >= 4 is 40.5 Å². The third-order valence-corrected chi connectivity index (χ3v) is 5.39. The highest BCUT2D eigenvalue weighted by Gasteiger charge is 2.20. The second-order valence-corrected chi connectivity index (χ2v) is 9.61. The van der Waals surface area contributed by atoms with Gasteiger partial charge in [0.05, 0.1) is 7.11 Å². The van der Waals surface area contributed by atoms with Crippen molar-refractivity contribution < 1.29 is 48.9 Å². The molecule has 2 heterocycles. The number of aryl methyl sites for hydroxylation is 1. The minimum Gasteiger partial charge on any atom is -0.480 e. The topological polar surface area (TPSA) is 291 Å². The molecule has 1 aromatic carbocycles. The normalized spacial score (nSPS) is 15.4. The summed E-state index contributed by atoms with van der Waals surface area (Å²) in [5.74, 6) is -3.52. The maximum Gasteiger partial charge on any atom is 0.336 e. The third-order valence-electron chi connectivity index (χ3n) is 5.39. The average molecular weight is 616 g/mol. The molecule has 0 radical (unpaired) electrons. The Balaban J connectivity index is 0. The van der Waals surface area contributed by atoms with Crippen molar-refractivity contribution in [2.45, 2.75) is 71.6 Å². The summed E-state index contributed by atoms with van der Waals surface area (Å²) in [6.45, 7) is 9.19. The number of carbonyl (C=O) groups is 4. The molecule has 1 saturated heterocycles. The molecule has 0 amide bonds. The Labute approximate surface area is 249 Å². The van der Waals surface area contributed by atoms with Crippen LogP contribution in [0.25, 0.3) is 11.0 Å². The van der Waals surface area contributed by atoms with Gasteiger partial charge >= 0.3 is 29.5 Å². The Morgan fingerprint density at radius 2 is 1.56 bits per heavy atom. The van der Waals surface area contributed by atoms with E-state index in [0.717, 1.165) is 30.3 Å². The van der Waals surface area contributed by atoms with Crippen molar-refractivity contribution in [2.24, 2.45) is 17.4 Å². The third kappa shape index (κ3) is 18.9. The van der Waals surface area contributed by atoms with Gasteiger partial charge in [0.1, 0.15) is 29.8 Å². The van der Waals surface area contributed by atoms with E-state index in [1.807, 2.05) is 13.0 Å². The van der Waals surface area contributed by atoms with Gasteiger partial charge in [0.25, 0.3) is 0 Å². The molecule has 16 heteroatoms. The summed E-state index contributed by atoms with van der Waals surface area (Å²) in [7, 11) is 1.37. The van der Waals surface area contributed by atoms with E-state index in [4.69, 9.17) is 42.0 Å². The molecule has 1 aliphatic rings. The lowest BCUT2D eigenvalue weighted by Gasteiger charge is -2.07. The Bertz CT molecular complexity index is 1200. The second-order valence-electron chi connectivity index (χ2n) is 9.61. The van der Waals surface area contributed by atoms with Crippen molar-refractivity contribution in [3.8, 4) is 0 Å². The van der Waals surface area contributed by atoms with Gasteiger partial charge in [-0.1, -0.05) is 13.8 Å². The first kappa shape index (κ1) is 41.0. The summed E-state index contributed by atoms with van der Waals surface area (Å²) in [6, 6.07) is 4.41. The van der Waals surface area contributed by atoms with Crippen molar-refractivity contribution in [3.05, 3.63) is 40.2 Å². The van der Waals surface area contributed by atoms with Crippen LogP contribution in [0.5, 0.6) is 0 Å². The summed E-state index contributed by atoms with van der Waals surface area (Å²) in [5, 5.41) is 36.4. The fourth-order valence-corrected chi connectivity index (χ4v) is 2.75. The summed E-state index contributed by atoms with van der Waals surface area (Å²) in [6.07, 6.45) is 1.78. The molecule has 2 aromatic rings. The molecule has 0 bridgehead atoms. The first-order chi connectivity index (χ1) is 19.8. The Hall–Kier alpha value is -4.09. The lowest BCUT2D eigenvalue weighted by atomic mass is 10.1. The smallest absolute Gasteiger partial charge is 0.336 e.